The predicted molar refractivity (Wildman–Crippen MR) is 118 cm³/mol. The number of rotatable bonds is 5. The molecule has 1 saturated heterocycles. The first-order valence-electron chi connectivity index (χ1n) is 9.74. The molecular weight excluding hydrogens is 384 g/mol. The second-order valence-electron chi connectivity index (χ2n) is 7.22. The van der Waals surface area contributed by atoms with E-state index >= 15 is 0 Å². The number of benzene rings is 2. The van der Waals surface area contributed by atoms with Crippen LogP contribution in [0.25, 0.3) is 10.9 Å². The summed E-state index contributed by atoms with van der Waals surface area (Å²) in [7, 11) is 0. The van der Waals surface area contributed by atoms with Gasteiger partial charge in [-0.1, -0.05) is 24.3 Å². The average Bonchev–Trinajstić information content (AvgIpc) is 2.74. The van der Waals surface area contributed by atoms with Crippen LogP contribution < -0.4 is 10.9 Å². The summed E-state index contributed by atoms with van der Waals surface area (Å²) in [4.78, 5) is 31.9. The van der Waals surface area contributed by atoms with Crippen molar-refractivity contribution in [3.63, 3.8) is 0 Å². The first-order chi connectivity index (χ1) is 14.1. The van der Waals surface area contributed by atoms with Crippen LogP contribution in [0.3, 0.4) is 0 Å². The Kier molecular flexibility index (Phi) is 5.97. The van der Waals surface area contributed by atoms with Crippen molar-refractivity contribution < 1.29 is 4.79 Å². The molecule has 2 aromatic carbocycles. The Labute approximate surface area is 173 Å². The van der Waals surface area contributed by atoms with Crippen LogP contribution in [0.1, 0.15) is 11.1 Å². The summed E-state index contributed by atoms with van der Waals surface area (Å²) in [5, 5.41) is 3.48. The number of hydrogen-bond donors (Lipinski definition) is 1. The largest absolute Gasteiger partial charge is 0.324 e. The summed E-state index contributed by atoms with van der Waals surface area (Å²) in [5.41, 5.74) is 3.51. The smallest absolute Gasteiger partial charge is 0.261 e. The van der Waals surface area contributed by atoms with Gasteiger partial charge in [-0.05, 0) is 36.2 Å². The third kappa shape index (κ3) is 4.52. The lowest BCUT2D eigenvalue weighted by molar-refractivity contribution is -0.116. The number of nitrogens with zero attached hydrogens (tertiary/aromatic N) is 3. The normalized spacial score (nSPS) is 14.8. The summed E-state index contributed by atoms with van der Waals surface area (Å²) >= 11 is 2.00. The Morgan fingerprint density at radius 2 is 1.93 bits per heavy atom. The third-order valence-corrected chi connectivity index (χ3v) is 6.21. The van der Waals surface area contributed by atoms with E-state index in [-0.39, 0.29) is 18.0 Å². The molecule has 1 amide bonds. The van der Waals surface area contributed by atoms with Gasteiger partial charge < -0.3 is 5.32 Å². The van der Waals surface area contributed by atoms with Crippen LogP contribution in [-0.2, 0) is 17.9 Å². The zero-order chi connectivity index (χ0) is 20.2. The molecule has 0 saturated carbocycles. The van der Waals surface area contributed by atoms with E-state index in [0.717, 1.165) is 30.9 Å². The second kappa shape index (κ2) is 8.80. The molecule has 29 heavy (non-hydrogen) atoms. The molecule has 4 rings (SSSR count). The average molecular weight is 409 g/mol. The van der Waals surface area contributed by atoms with Gasteiger partial charge in [-0.25, -0.2) is 4.98 Å². The molecule has 1 aliphatic rings. The quantitative estimate of drug-likeness (QED) is 0.703. The van der Waals surface area contributed by atoms with Gasteiger partial charge in [0.25, 0.3) is 5.56 Å². The van der Waals surface area contributed by atoms with Crippen molar-refractivity contribution >= 4 is 34.3 Å². The van der Waals surface area contributed by atoms with Crippen molar-refractivity contribution in [2.24, 2.45) is 0 Å². The van der Waals surface area contributed by atoms with E-state index < -0.39 is 0 Å². The molecule has 0 atom stereocenters. The van der Waals surface area contributed by atoms with E-state index in [0.29, 0.717) is 10.9 Å². The minimum Gasteiger partial charge on any atom is -0.324 e. The van der Waals surface area contributed by atoms with Crippen LogP contribution in [0, 0.1) is 6.92 Å². The molecule has 0 spiro atoms. The van der Waals surface area contributed by atoms with Crippen molar-refractivity contribution in [2.75, 3.05) is 29.9 Å². The number of anilines is 1. The number of thioether (sulfide) groups is 1. The predicted octanol–water partition coefficient (Wildman–Crippen LogP) is 2.89. The summed E-state index contributed by atoms with van der Waals surface area (Å²) in [6.07, 6.45) is 1.43. The highest BCUT2D eigenvalue weighted by molar-refractivity contribution is 7.99. The number of para-hydroxylation sites is 1. The molecular formula is C22H24N4O2S. The monoisotopic (exact) mass is 408 g/mol. The van der Waals surface area contributed by atoms with Gasteiger partial charge >= 0.3 is 0 Å². The van der Waals surface area contributed by atoms with Gasteiger partial charge in [-0.15, -0.1) is 0 Å². The van der Waals surface area contributed by atoms with Crippen LogP contribution in [0.5, 0.6) is 0 Å². The minimum absolute atomic E-state index is 0.0658. The number of aromatic nitrogens is 2. The fourth-order valence-corrected chi connectivity index (χ4v) is 4.53. The lowest BCUT2D eigenvalue weighted by Gasteiger charge is -2.27. The van der Waals surface area contributed by atoms with E-state index in [4.69, 9.17) is 0 Å². The highest BCUT2D eigenvalue weighted by Gasteiger charge is 2.14. The fraction of sp³-hybridized carbons (Fsp3) is 0.318. The first-order valence-corrected chi connectivity index (χ1v) is 10.9. The van der Waals surface area contributed by atoms with Crippen LogP contribution >= 0.6 is 11.8 Å². The Morgan fingerprint density at radius 1 is 1.14 bits per heavy atom. The van der Waals surface area contributed by atoms with Gasteiger partial charge in [0.2, 0.25) is 5.91 Å². The van der Waals surface area contributed by atoms with E-state index in [9.17, 15) is 9.59 Å². The van der Waals surface area contributed by atoms with E-state index in [1.165, 1.54) is 28.0 Å². The molecule has 1 aliphatic heterocycles. The van der Waals surface area contributed by atoms with Crippen LogP contribution in [0.2, 0.25) is 0 Å². The summed E-state index contributed by atoms with van der Waals surface area (Å²) < 4.78 is 1.35. The number of fused-ring (bicyclic) bond motifs is 1. The van der Waals surface area contributed by atoms with Crippen molar-refractivity contribution in [2.45, 2.75) is 20.0 Å². The number of carbonyl (C=O) groups is 1. The van der Waals surface area contributed by atoms with Gasteiger partial charge in [0, 0.05) is 36.8 Å². The van der Waals surface area contributed by atoms with E-state index in [1.54, 1.807) is 18.2 Å². The molecule has 150 valence electrons. The van der Waals surface area contributed by atoms with E-state index in [1.807, 2.05) is 36.9 Å². The van der Waals surface area contributed by atoms with Gasteiger partial charge in [0.15, 0.2) is 0 Å². The minimum atomic E-state index is -0.237. The maximum Gasteiger partial charge on any atom is 0.261 e. The molecule has 7 heteroatoms. The molecule has 2 heterocycles. The van der Waals surface area contributed by atoms with Crippen molar-refractivity contribution in [1.29, 1.82) is 0 Å². The van der Waals surface area contributed by atoms with Crippen molar-refractivity contribution in [3.8, 4) is 0 Å². The van der Waals surface area contributed by atoms with Crippen LogP contribution in [0.15, 0.2) is 53.6 Å². The molecule has 0 unspecified atom stereocenters. The standard InChI is InChI=1S/C22H24N4O2S/c1-16-17(13-25-9-11-29-12-10-25)5-4-8-19(16)24-21(27)14-26-15-23-20-7-3-2-6-18(20)22(26)28/h2-8,15H,9-14H2,1H3,(H,24,27). The van der Waals surface area contributed by atoms with E-state index in [2.05, 4.69) is 21.3 Å². The third-order valence-electron chi connectivity index (χ3n) is 5.26. The Bertz CT molecular complexity index is 1090. The Hall–Kier alpha value is -2.64. The van der Waals surface area contributed by atoms with Crippen molar-refractivity contribution in [3.05, 3.63) is 70.3 Å². The zero-order valence-electron chi connectivity index (χ0n) is 16.4. The SMILES string of the molecule is Cc1c(CN2CCSCC2)cccc1NC(=O)Cn1cnc2ccccc2c1=O. The van der Waals surface area contributed by atoms with Gasteiger partial charge in [0.05, 0.1) is 17.2 Å². The van der Waals surface area contributed by atoms with Crippen LogP contribution in [0.4, 0.5) is 5.69 Å². The van der Waals surface area contributed by atoms with Gasteiger partial charge in [-0.2, -0.15) is 11.8 Å². The molecule has 0 radical (unpaired) electrons. The van der Waals surface area contributed by atoms with Gasteiger partial charge in [-0.3, -0.25) is 19.1 Å². The number of carbonyl (C=O) groups excluding carboxylic acids is 1. The molecule has 3 aromatic rings. The number of amides is 1. The molecule has 0 bridgehead atoms. The Balaban J connectivity index is 1.48. The summed E-state index contributed by atoms with van der Waals surface area (Å²) in [6, 6.07) is 13.1. The number of hydrogen-bond acceptors (Lipinski definition) is 5. The molecule has 6 nitrogen and oxygen atoms in total. The molecule has 0 aliphatic carbocycles. The second-order valence-corrected chi connectivity index (χ2v) is 8.45. The zero-order valence-corrected chi connectivity index (χ0v) is 17.2. The maximum atomic E-state index is 12.6. The van der Waals surface area contributed by atoms with Crippen molar-refractivity contribution in [1.82, 2.24) is 14.5 Å². The number of nitrogens with one attached hydrogen (secondary N) is 1. The molecule has 1 aromatic heterocycles. The summed E-state index contributed by atoms with van der Waals surface area (Å²) in [5.74, 6) is 2.10. The Morgan fingerprint density at radius 3 is 2.76 bits per heavy atom. The van der Waals surface area contributed by atoms with Gasteiger partial charge in [0.1, 0.15) is 6.54 Å². The maximum absolute atomic E-state index is 12.6. The highest BCUT2D eigenvalue weighted by Crippen LogP contribution is 2.22. The highest BCUT2D eigenvalue weighted by atomic mass is 32.2. The fourth-order valence-electron chi connectivity index (χ4n) is 3.55. The lowest BCUT2D eigenvalue weighted by Crippen LogP contribution is -2.32. The van der Waals surface area contributed by atoms with Crippen LogP contribution in [-0.4, -0.2) is 45.0 Å². The topological polar surface area (TPSA) is 67.2 Å². The first kappa shape index (κ1) is 19.7. The molecule has 1 N–H and O–H groups in total. The molecule has 1 fully saturated rings. The summed E-state index contributed by atoms with van der Waals surface area (Å²) in [6.45, 7) is 5.05. The lowest BCUT2D eigenvalue weighted by atomic mass is 10.1.